The molecule has 0 atom stereocenters. The van der Waals surface area contributed by atoms with Crippen molar-refractivity contribution in [2.24, 2.45) is 0 Å². The first-order valence-corrected chi connectivity index (χ1v) is 8.11. The summed E-state index contributed by atoms with van der Waals surface area (Å²) < 4.78 is 1.05. The number of fused-ring (bicyclic) bond motifs is 1. The fourth-order valence-corrected chi connectivity index (χ4v) is 4.46. The smallest absolute Gasteiger partial charge is 0.266 e. The molecule has 0 aliphatic carbocycles. The van der Waals surface area contributed by atoms with Gasteiger partial charge in [0.1, 0.15) is 4.88 Å². The van der Waals surface area contributed by atoms with Crippen molar-refractivity contribution in [3.05, 3.63) is 22.3 Å². The lowest BCUT2D eigenvalue weighted by Gasteiger charge is -2.31. The molecule has 0 aromatic carbocycles. The van der Waals surface area contributed by atoms with Crippen LogP contribution in [0, 0.1) is 13.8 Å². The first kappa shape index (κ1) is 14.3. The first-order chi connectivity index (χ1) is 9.81. The van der Waals surface area contributed by atoms with E-state index < -0.39 is 0 Å². The van der Waals surface area contributed by atoms with Crippen LogP contribution in [0.2, 0.25) is 0 Å². The molecule has 1 amide bonds. The minimum Gasteiger partial charge on any atom is -0.397 e. The Kier molecular flexibility index (Phi) is 3.20. The summed E-state index contributed by atoms with van der Waals surface area (Å²) in [6.07, 6.45) is 2.10. The largest absolute Gasteiger partial charge is 0.397 e. The van der Waals surface area contributed by atoms with Gasteiger partial charge in [0.25, 0.3) is 5.91 Å². The quantitative estimate of drug-likeness (QED) is 0.877. The maximum atomic E-state index is 12.9. The summed E-state index contributed by atoms with van der Waals surface area (Å²) in [6.45, 7) is 8.98. The van der Waals surface area contributed by atoms with Gasteiger partial charge in [-0.05, 0) is 46.6 Å². The molecule has 0 saturated carbocycles. The number of hydrogen-bond acceptors (Lipinski definition) is 4. The summed E-state index contributed by atoms with van der Waals surface area (Å²) in [5, 5.41) is 0.936. The fraction of sp³-hybridized carbons (Fsp3) is 0.500. The van der Waals surface area contributed by atoms with Crippen LogP contribution in [0.4, 0.5) is 5.69 Å². The summed E-state index contributed by atoms with van der Waals surface area (Å²) in [5.74, 6) is 0.0632. The van der Waals surface area contributed by atoms with Crippen molar-refractivity contribution in [1.82, 2.24) is 9.88 Å². The van der Waals surface area contributed by atoms with Gasteiger partial charge in [0.05, 0.1) is 5.69 Å². The monoisotopic (exact) mass is 303 g/mol. The van der Waals surface area contributed by atoms with Crippen LogP contribution >= 0.6 is 11.3 Å². The highest BCUT2D eigenvalue weighted by Gasteiger charge is 2.37. The van der Waals surface area contributed by atoms with E-state index in [0.717, 1.165) is 40.9 Å². The second-order valence-electron chi connectivity index (χ2n) is 6.44. The van der Waals surface area contributed by atoms with E-state index in [9.17, 15) is 4.79 Å². The number of pyridine rings is 1. The standard InChI is InChI=1S/C16H21N3OS/c1-9-8-11-12(10(2)18-9)13(17)14(21-11)15(20)19-7-5-6-16(19,3)4/h8H,5-7,17H2,1-4H3. The van der Waals surface area contributed by atoms with Gasteiger partial charge in [-0.3, -0.25) is 9.78 Å². The van der Waals surface area contributed by atoms with Crippen LogP contribution in [0.5, 0.6) is 0 Å². The molecule has 1 aliphatic rings. The number of aryl methyl sites for hydroxylation is 2. The highest BCUT2D eigenvalue weighted by Crippen LogP contribution is 2.38. The number of carbonyl (C=O) groups is 1. The van der Waals surface area contributed by atoms with Gasteiger partial charge >= 0.3 is 0 Å². The van der Waals surface area contributed by atoms with Crippen LogP contribution in [-0.4, -0.2) is 27.9 Å². The second kappa shape index (κ2) is 4.70. The molecule has 1 saturated heterocycles. The average Bonchev–Trinajstić information content (AvgIpc) is 2.88. The Morgan fingerprint density at radius 2 is 2.14 bits per heavy atom. The van der Waals surface area contributed by atoms with Gasteiger partial charge in [0.15, 0.2) is 0 Å². The number of likely N-dealkylation sites (tertiary alicyclic amines) is 1. The number of rotatable bonds is 1. The molecule has 3 rings (SSSR count). The first-order valence-electron chi connectivity index (χ1n) is 7.29. The summed E-state index contributed by atoms with van der Waals surface area (Å²) in [5.41, 5.74) is 8.64. The molecule has 21 heavy (non-hydrogen) atoms. The molecule has 3 heterocycles. The van der Waals surface area contributed by atoms with Crippen molar-refractivity contribution in [2.45, 2.75) is 46.1 Å². The van der Waals surface area contributed by atoms with Crippen LogP contribution in [0.1, 0.15) is 47.7 Å². The topological polar surface area (TPSA) is 59.2 Å². The van der Waals surface area contributed by atoms with Gasteiger partial charge in [-0.25, -0.2) is 0 Å². The maximum absolute atomic E-state index is 12.9. The van der Waals surface area contributed by atoms with E-state index in [0.29, 0.717) is 10.6 Å². The van der Waals surface area contributed by atoms with Crippen LogP contribution < -0.4 is 5.73 Å². The Hall–Kier alpha value is -1.62. The molecule has 2 aromatic heterocycles. The van der Waals surface area contributed by atoms with E-state index >= 15 is 0 Å². The van der Waals surface area contributed by atoms with Crippen molar-refractivity contribution in [1.29, 1.82) is 0 Å². The Morgan fingerprint density at radius 1 is 1.43 bits per heavy atom. The van der Waals surface area contributed by atoms with Crippen LogP contribution in [0.15, 0.2) is 6.07 Å². The average molecular weight is 303 g/mol. The lowest BCUT2D eigenvalue weighted by Crippen LogP contribution is -2.42. The molecular weight excluding hydrogens is 282 g/mol. The van der Waals surface area contributed by atoms with Gasteiger partial charge in [-0.1, -0.05) is 0 Å². The molecule has 5 heteroatoms. The Labute approximate surface area is 129 Å². The zero-order chi connectivity index (χ0) is 15.4. The predicted octanol–water partition coefficient (Wildman–Crippen LogP) is 3.51. The number of nitrogens with two attached hydrogens (primary N) is 1. The molecule has 112 valence electrons. The molecular formula is C16H21N3OS. The van der Waals surface area contributed by atoms with E-state index in [-0.39, 0.29) is 11.4 Å². The molecule has 1 aliphatic heterocycles. The molecule has 0 radical (unpaired) electrons. The predicted molar refractivity (Wildman–Crippen MR) is 87.9 cm³/mol. The number of thiophene rings is 1. The number of hydrogen-bond donors (Lipinski definition) is 1. The molecule has 0 bridgehead atoms. The third-order valence-corrected chi connectivity index (χ3v) is 5.50. The maximum Gasteiger partial charge on any atom is 0.266 e. The van der Waals surface area contributed by atoms with E-state index in [1.165, 1.54) is 11.3 Å². The zero-order valence-corrected chi connectivity index (χ0v) is 13.8. The summed E-state index contributed by atoms with van der Waals surface area (Å²) >= 11 is 1.49. The van der Waals surface area contributed by atoms with Crippen LogP contribution in [-0.2, 0) is 0 Å². The Morgan fingerprint density at radius 3 is 2.76 bits per heavy atom. The van der Waals surface area contributed by atoms with Gasteiger partial charge in [-0.15, -0.1) is 11.3 Å². The summed E-state index contributed by atoms with van der Waals surface area (Å²) in [4.78, 5) is 20.0. The SMILES string of the molecule is Cc1cc2sc(C(=O)N3CCCC3(C)C)c(N)c2c(C)n1. The van der Waals surface area contributed by atoms with Crippen molar-refractivity contribution < 1.29 is 4.79 Å². The fourth-order valence-electron chi connectivity index (χ4n) is 3.24. The molecule has 2 N–H and O–H groups in total. The zero-order valence-electron chi connectivity index (χ0n) is 13.0. The summed E-state index contributed by atoms with van der Waals surface area (Å²) in [7, 11) is 0. The van der Waals surface area contributed by atoms with Crippen molar-refractivity contribution in [2.75, 3.05) is 12.3 Å². The third kappa shape index (κ3) is 2.20. The minimum atomic E-state index is -0.0804. The lowest BCUT2D eigenvalue weighted by molar-refractivity contribution is 0.0658. The van der Waals surface area contributed by atoms with Crippen molar-refractivity contribution >= 4 is 33.0 Å². The highest BCUT2D eigenvalue weighted by atomic mass is 32.1. The molecule has 0 unspecified atom stereocenters. The number of amides is 1. The van der Waals surface area contributed by atoms with Crippen LogP contribution in [0.3, 0.4) is 0 Å². The second-order valence-corrected chi connectivity index (χ2v) is 7.49. The van der Waals surface area contributed by atoms with Crippen LogP contribution in [0.25, 0.3) is 10.1 Å². The molecule has 2 aromatic rings. The van der Waals surface area contributed by atoms with Gasteiger partial charge < -0.3 is 10.6 Å². The van der Waals surface area contributed by atoms with Crippen molar-refractivity contribution in [3.63, 3.8) is 0 Å². The number of carbonyl (C=O) groups excluding carboxylic acids is 1. The normalized spacial score (nSPS) is 17.6. The van der Waals surface area contributed by atoms with Gasteiger partial charge in [0.2, 0.25) is 0 Å². The number of nitrogens with zero attached hydrogens (tertiary/aromatic N) is 2. The number of aromatic nitrogens is 1. The lowest BCUT2D eigenvalue weighted by atomic mass is 10.0. The molecule has 1 fully saturated rings. The van der Waals surface area contributed by atoms with E-state index in [2.05, 4.69) is 18.8 Å². The molecule has 4 nitrogen and oxygen atoms in total. The Bertz CT molecular complexity index is 733. The third-order valence-electron chi connectivity index (χ3n) is 4.36. The molecule has 0 spiro atoms. The van der Waals surface area contributed by atoms with Crippen molar-refractivity contribution in [3.8, 4) is 0 Å². The van der Waals surface area contributed by atoms with Gasteiger partial charge in [0, 0.05) is 33.6 Å². The minimum absolute atomic E-state index is 0.0632. The van der Waals surface area contributed by atoms with E-state index in [1.54, 1.807) is 0 Å². The number of nitrogen functional groups attached to an aromatic ring is 1. The van der Waals surface area contributed by atoms with E-state index in [4.69, 9.17) is 5.73 Å². The Balaban J connectivity index is 2.11. The number of anilines is 1. The van der Waals surface area contributed by atoms with E-state index in [1.807, 2.05) is 24.8 Å². The summed E-state index contributed by atoms with van der Waals surface area (Å²) in [6, 6.07) is 2.01. The van der Waals surface area contributed by atoms with Gasteiger partial charge in [-0.2, -0.15) is 0 Å². The highest BCUT2D eigenvalue weighted by molar-refractivity contribution is 7.21.